The van der Waals surface area contributed by atoms with Crippen molar-refractivity contribution in [3.05, 3.63) is 0 Å². The molecule has 1 unspecified atom stereocenters. The number of nitrogens with zero attached hydrogens (tertiary/aromatic N) is 1. The first-order valence-electron chi connectivity index (χ1n) is 5.77. The molecule has 0 spiro atoms. The molecule has 3 N–H and O–H groups in total. The Morgan fingerprint density at radius 2 is 2.12 bits per heavy atom. The highest BCUT2D eigenvalue weighted by Gasteiger charge is 2.30. The van der Waals surface area contributed by atoms with Crippen LogP contribution in [0, 0.1) is 0 Å². The summed E-state index contributed by atoms with van der Waals surface area (Å²) in [5.74, 6) is -0.322. The van der Waals surface area contributed by atoms with Crippen molar-refractivity contribution in [2.45, 2.75) is 26.3 Å². The summed E-state index contributed by atoms with van der Waals surface area (Å²) in [6.45, 7) is 9.25. The SMILES string of the molecule is CCNC(C)(CN(C)CCOCC)C(N)=O. The van der Waals surface area contributed by atoms with Gasteiger partial charge >= 0.3 is 0 Å². The smallest absolute Gasteiger partial charge is 0.238 e. The third-order valence-electron chi connectivity index (χ3n) is 2.52. The predicted octanol–water partition coefficient (Wildman–Crippen LogP) is -0.192. The summed E-state index contributed by atoms with van der Waals surface area (Å²) in [6, 6.07) is 0. The van der Waals surface area contributed by atoms with Gasteiger partial charge in [0.25, 0.3) is 0 Å². The highest BCUT2D eigenvalue weighted by molar-refractivity contribution is 5.84. The molecule has 16 heavy (non-hydrogen) atoms. The van der Waals surface area contributed by atoms with Crippen molar-refractivity contribution in [3.8, 4) is 0 Å². The summed E-state index contributed by atoms with van der Waals surface area (Å²) in [5.41, 5.74) is 4.73. The molecule has 0 aliphatic heterocycles. The van der Waals surface area contributed by atoms with Crippen molar-refractivity contribution in [3.63, 3.8) is 0 Å². The molecule has 0 saturated heterocycles. The van der Waals surface area contributed by atoms with E-state index in [2.05, 4.69) is 5.32 Å². The van der Waals surface area contributed by atoms with Gasteiger partial charge in [0.15, 0.2) is 0 Å². The van der Waals surface area contributed by atoms with Crippen LogP contribution in [0.15, 0.2) is 0 Å². The van der Waals surface area contributed by atoms with Crippen LogP contribution in [0.1, 0.15) is 20.8 Å². The first-order valence-corrected chi connectivity index (χ1v) is 5.77. The molecule has 0 aromatic heterocycles. The minimum Gasteiger partial charge on any atom is -0.380 e. The summed E-state index contributed by atoms with van der Waals surface area (Å²) in [7, 11) is 1.96. The fraction of sp³-hybridized carbons (Fsp3) is 0.909. The van der Waals surface area contributed by atoms with Crippen LogP contribution in [0.2, 0.25) is 0 Å². The van der Waals surface area contributed by atoms with Gasteiger partial charge in [0.2, 0.25) is 5.91 Å². The Hall–Kier alpha value is -0.650. The van der Waals surface area contributed by atoms with Crippen LogP contribution in [0.4, 0.5) is 0 Å². The number of hydrogen-bond donors (Lipinski definition) is 2. The first-order chi connectivity index (χ1) is 7.46. The van der Waals surface area contributed by atoms with E-state index in [9.17, 15) is 4.79 Å². The molecular weight excluding hydrogens is 206 g/mol. The zero-order valence-electron chi connectivity index (χ0n) is 10.9. The molecule has 0 heterocycles. The number of primary amides is 1. The maximum absolute atomic E-state index is 11.4. The average Bonchev–Trinajstić information content (AvgIpc) is 2.18. The first kappa shape index (κ1) is 15.3. The second-order valence-electron chi connectivity index (χ2n) is 4.16. The lowest BCUT2D eigenvalue weighted by Crippen LogP contribution is -2.59. The number of nitrogens with two attached hydrogens (primary N) is 1. The molecule has 5 nitrogen and oxygen atoms in total. The summed E-state index contributed by atoms with van der Waals surface area (Å²) >= 11 is 0. The quantitative estimate of drug-likeness (QED) is 0.540. The van der Waals surface area contributed by atoms with Gasteiger partial charge in [-0.15, -0.1) is 0 Å². The van der Waals surface area contributed by atoms with E-state index in [-0.39, 0.29) is 5.91 Å². The number of nitrogens with one attached hydrogen (secondary N) is 1. The largest absolute Gasteiger partial charge is 0.380 e. The lowest BCUT2D eigenvalue weighted by Gasteiger charge is -2.31. The third-order valence-corrected chi connectivity index (χ3v) is 2.52. The molecule has 0 aromatic carbocycles. The Bertz CT molecular complexity index is 211. The molecule has 1 atom stereocenters. The minimum atomic E-state index is -0.671. The predicted molar refractivity (Wildman–Crippen MR) is 65.3 cm³/mol. The molecule has 96 valence electrons. The Kier molecular flexibility index (Phi) is 7.29. The van der Waals surface area contributed by atoms with Crippen molar-refractivity contribution >= 4 is 5.91 Å². The summed E-state index contributed by atoms with van der Waals surface area (Å²) in [5, 5.41) is 3.12. The van der Waals surface area contributed by atoms with Crippen molar-refractivity contribution < 1.29 is 9.53 Å². The fourth-order valence-electron chi connectivity index (χ4n) is 1.59. The molecule has 0 aliphatic carbocycles. The number of carbonyl (C=O) groups excluding carboxylic acids is 1. The van der Waals surface area contributed by atoms with Gasteiger partial charge < -0.3 is 20.7 Å². The number of likely N-dealkylation sites (N-methyl/N-ethyl adjacent to an activating group) is 2. The second-order valence-corrected chi connectivity index (χ2v) is 4.16. The Balaban J connectivity index is 4.13. The van der Waals surface area contributed by atoms with Gasteiger partial charge in [0.1, 0.15) is 5.54 Å². The number of rotatable bonds is 9. The van der Waals surface area contributed by atoms with Gasteiger partial charge in [-0.1, -0.05) is 6.92 Å². The van der Waals surface area contributed by atoms with Crippen molar-refractivity contribution in [1.29, 1.82) is 0 Å². The van der Waals surface area contributed by atoms with Gasteiger partial charge in [-0.05, 0) is 27.4 Å². The molecule has 1 amide bonds. The molecule has 0 aromatic rings. The van der Waals surface area contributed by atoms with E-state index in [1.54, 1.807) is 0 Å². The van der Waals surface area contributed by atoms with Crippen LogP contribution in [-0.4, -0.2) is 56.2 Å². The van der Waals surface area contributed by atoms with Crippen molar-refractivity contribution in [1.82, 2.24) is 10.2 Å². The third kappa shape index (κ3) is 5.44. The molecule has 0 fully saturated rings. The average molecular weight is 231 g/mol. The zero-order chi connectivity index (χ0) is 12.6. The summed E-state index contributed by atoms with van der Waals surface area (Å²) in [4.78, 5) is 13.4. The van der Waals surface area contributed by atoms with Crippen LogP contribution in [0.5, 0.6) is 0 Å². The molecule has 0 rings (SSSR count). The van der Waals surface area contributed by atoms with Crippen LogP contribution < -0.4 is 11.1 Å². The summed E-state index contributed by atoms with van der Waals surface area (Å²) < 4.78 is 5.26. The van der Waals surface area contributed by atoms with Crippen LogP contribution in [0.25, 0.3) is 0 Å². The highest BCUT2D eigenvalue weighted by Crippen LogP contribution is 2.04. The van der Waals surface area contributed by atoms with Gasteiger partial charge in [-0.3, -0.25) is 4.79 Å². The minimum absolute atomic E-state index is 0.322. The van der Waals surface area contributed by atoms with E-state index < -0.39 is 5.54 Å². The second kappa shape index (κ2) is 7.60. The van der Waals surface area contributed by atoms with Gasteiger partial charge in [-0.2, -0.15) is 0 Å². The van der Waals surface area contributed by atoms with E-state index in [1.807, 2.05) is 32.7 Å². The molecule has 0 radical (unpaired) electrons. The van der Waals surface area contributed by atoms with E-state index in [1.165, 1.54) is 0 Å². The van der Waals surface area contributed by atoms with Gasteiger partial charge in [0.05, 0.1) is 6.61 Å². The lowest BCUT2D eigenvalue weighted by atomic mass is 10.0. The molecule has 0 saturated carbocycles. The molecule has 0 bridgehead atoms. The lowest BCUT2D eigenvalue weighted by molar-refractivity contribution is -0.124. The van der Waals surface area contributed by atoms with E-state index in [0.29, 0.717) is 19.8 Å². The van der Waals surface area contributed by atoms with Crippen LogP contribution in [-0.2, 0) is 9.53 Å². The molecular formula is C11H25N3O2. The van der Waals surface area contributed by atoms with E-state index in [4.69, 9.17) is 10.5 Å². The fourth-order valence-corrected chi connectivity index (χ4v) is 1.59. The van der Waals surface area contributed by atoms with Crippen LogP contribution in [0.3, 0.4) is 0 Å². The van der Waals surface area contributed by atoms with Crippen molar-refractivity contribution in [2.75, 3.05) is 39.9 Å². The van der Waals surface area contributed by atoms with E-state index >= 15 is 0 Å². The normalized spacial score (nSPS) is 15.1. The van der Waals surface area contributed by atoms with Crippen molar-refractivity contribution in [2.24, 2.45) is 5.73 Å². The topological polar surface area (TPSA) is 67.6 Å². The number of ether oxygens (including phenoxy) is 1. The zero-order valence-corrected chi connectivity index (χ0v) is 10.9. The summed E-state index contributed by atoms with van der Waals surface area (Å²) in [6.07, 6.45) is 0. The monoisotopic (exact) mass is 231 g/mol. The maximum atomic E-state index is 11.4. The Morgan fingerprint density at radius 3 is 2.56 bits per heavy atom. The molecule has 5 heteroatoms. The van der Waals surface area contributed by atoms with E-state index in [0.717, 1.165) is 13.1 Å². The van der Waals surface area contributed by atoms with Gasteiger partial charge in [0, 0.05) is 19.7 Å². The standard InChI is InChI=1S/C11H25N3O2/c1-5-13-11(3,10(12)15)9-14(4)7-8-16-6-2/h13H,5-9H2,1-4H3,(H2,12,15). The van der Waals surface area contributed by atoms with Crippen LogP contribution >= 0.6 is 0 Å². The Labute approximate surface area is 98.3 Å². The number of amides is 1. The maximum Gasteiger partial charge on any atom is 0.238 e. The molecule has 0 aliphatic rings. The van der Waals surface area contributed by atoms with Gasteiger partial charge in [-0.25, -0.2) is 0 Å². The number of carbonyl (C=O) groups is 1. The highest BCUT2D eigenvalue weighted by atomic mass is 16.5. The number of hydrogen-bond acceptors (Lipinski definition) is 4. The Morgan fingerprint density at radius 1 is 1.50 bits per heavy atom.